The third kappa shape index (κ3) is 3.06. The van der Waals surface area contributed by atoms with Gasteiger partial charge in [0.25, 0.3) is 0 Å². The highest BCUT2D eigenvalue weighted by atomic mass is 32.2. The van der Waals surface area contributed by atoms with Crippen molar-refractivity contribution < 1.29 is 8.42 Å². The highest BCUT2D eigenvalue weighted by Crippen LogP contribution is 2.17. The Morgan fingerprint density at radius 3 is 2.47 bits per heavy atom. The van der Waals surface area contributed by atoms with Crippen LogP contribution in [0.2, 0.25) is 0 Å². The Labute approximate surface area is 102 Å². The highest BCUT2D eigenvalue weighted by molar-refractivity contribution is 7.88. The molecule has 17 heavy (non-hydrogen) atoms. The lowest BCUT2D eigenvalue weighted by Gasteiger charge is -2.15. The van der Waals surface area contributed by atoms with Crippen LogP contribution in [0.5, 0.6) is 0 Å². The lowest BCUT2D eigenvalue weighted by Crippen LogP contribution is -2.29. The van der Waals surface area contributed by atoms with Gasteiger partial charge in [-0.25, -0.2) is 12.7 Å². The molecule has 0 atom stereocenters. The van der Waals surface area contributed by atoms with Crippen molar-refractivity contribution in [1.29, 1.82) is 0 Å². The Bertz CT molecular complexity index is 479. The minimum Gasteiger partial charge on any atom is -0.326 e. The van der Waals surface area contributed by atoms with Gasteiger partial charge in [-0.3, -0.25) is 0 Å². The fourth-order valence-corrected chi connectivity index (χ4v) is 3.71. The second kappa shape index (κ2) is 5.16. The SMILES string of the molecule is NCc1cccc(CS(=O)(=O)N2CCCC2)c1. The monoisotopic (exact) mass is 254 g/mol. The number of rotatable bonds is 4. The summed E-state index contributed by atoms with van der Waals surface area (Å²) in [5, 5.41) is 0. The molecule has 1 aromatic rings. The van der Waals surface area contributed by atoms with E-state index in [2.05, 4.69) is 0 Å². The third-order valence-corrected chi connectivity index (χ3v) is 4.88. The summed E-state index contributed by atoms with van der Waals surface area (Å²) in [5.41, 5.74) is 7.34. The largest absolute Gasteiger partial charge is 0.326 e. The van der Waals surface area contributed by atoms with Gasteiger partial charge < -0.3 is 5.73 Å². The van der Waals surface area contributed by atoms with Crippen molar-refractivity contribution >= 4 is 10.0 Å². The Morgan fingerprint density at radius 1 is 1.18 bits per heavy atom. The van der Waals surface area contributed by atoms with E-state index in [1.54, 1.807) is 4.31 Å². The maximum Gasteiger partial charge on any atom is 0.218 e. The van der Waals surface area contributed by atoms with Crippen LogP contribution in [-0.2, 0) is 22.3 Å². The number of hydrogen-bond acceptors (Lipinski definition) is 3. The molecule has 0 spiro atoms. The summed E-state index contributed by atoms with van der Waals surface area (Å²) in [6.07, 6.45) is 1.95. The third-order valence-electron chi connectivity index (χ3n) is 3.03. The minimum atomic E-state index is -3.15. The zero-order valence-electron chi connectivity index (χ0n) is 9.80. The van der Waals surface area contributed by atoms with Crippen molar-refractivity contribution in [3.05, 3.63) is 35.4 Å². The van der Waals surface area contributed by atoms with Gasteiger partial charge >= 0.3 is 0 Å². The van der Waals surface area contributed by atoms with E-state index in [0.717, 1.165) is 24.0 Å². The molecule has 1 aromatic carbocycles. The second-order valence-electron chi connectivity index (χ2n) is 4.39. The minimum absolute atomic E-state index is 0.0842. The van der Waals surface area contributed by atoms with Crippen molar-refractivity contribution in [3.8, 4) is 0 Å². The van der Waals surface area contributed by atoms with E-state index in [1.165, 1.54) is 0 Å². The number of sulfonamides is 1. The smallest absolute Gasteiger partial charge is 0.218 e. The van der Waals surface area contributed by atoms with E-state index in [1.807, 2.05) is 24.3 Å². The summed E-state index contributed by atoms with van der Waals surface area (Å²) < 4.78 is 25.8. The Morgan fingerprint density at radius 2 is 1.82 bits per heavy atom. The summed E-state index contributed by atoms with van der Waals surface area (Å²) in [5.74, 6) is 0.0842. The van der Waals surface area contributed by atoms with E-state index in [4.69, 9.17) is 5.73 Å². The Hall–Kier alpha value is -0.910. The van der Waals surface area contributed by atoms with Crippen LogP contribution in [0.4, 0.5) is 0 Å². The maximum atomic E-state index is 12.1. The second-order valence-corrected chi connectivity index (χ2v) is 6.36. The van der Waals surface area contributed by atoms with Crippen molar-refractivity contribution in [2.45, 2.75) is 25.1 Å². The molecule has 2 N–H and O–H groups in total. The van der Waals surface area contributed by atoms with Crippen molar-refractivity contribution in [3.63, 3.8) is 0 Å². The molecule has 0 aromatic heterocycles. The fourth-order valence-electron chi connectivity index (χ4n) is 2.11. The van der Waals surface area contributed by atoms with Gasteiger partial charge in [0, 0.05) is 19.6 Å². The van der Waals surface area contributed by atoms with E-state index in [9.17, 15) is 8.42 Å². The molecular weight excluding hydrogens is 236 g/mol. The van der Waals surface area contributed by atoms with Gasteiger partial charge in [0.05, 0.1) is 5.75 Å². The topological polar surface area (TPSA) is 63.4 Å². The molecule has 1 fully saturated rings. The first-order valence-corrected chi connectivity index (χ1v) is 7.48. The lowest BCUT2D eigenvalue weighted by atomic mass is 10.1. The normalized spacial score (nSPS) is 17.5. The van der Waals surface area contributed by atoms with Crippen LogP contribution < -0.4 is 5.73 Å². The lowest BCUT2D eigenvalue weighted by molar-refractivity contribution is 0.476. The number of nitrogens with two attached hydrogens (primary N) is 1. The zero-order valence-corrected chi connectivity index (χ0v) is 10.6. The van der Waals surface area contributed by atoms with Gasteiger partial charge in [-0.1, -0.05) is 24.3 Å². The molecule has 1 saturated heterocycles. The van der Waals surface area contributed by atoms with Gasteiger partial charge in [0.15, 0.2) is 0 Å². The molecule has 1 aliphatic rings. The standard InChI is InChI=1S/C12H18N2O2S/c13-9-11-4-3-5-12(8-11)10-17(15,16)14-6-1-2-7-14/h3-5,8H,1-2,6-7,9-10,13H2. The molecule has 0 bridgehead atoms. The van der Waals surface area contributed by atoms with Gasteiger partial charge in [0.1, 0.15) is 0 Å². The molecule has 94 valence electrons. The summed E-state index contributed by atoms with van der Waals surface area (Å²) in [6, 6.07) is 7.48. The molecule has 0 radical (unpaired) electrons. The summed E-state index contributed by atoms with van der Waals surface area (Å²) >= 11 is 0. The molecule has 4 nitrogen and oxygen atoms in total. The summed E-state index contributed by atoms with van der Waals surface area (Å²) in [6.45, 7) is 1.77. The van der Waals surface area contributed by atoms with Crippen molar-refractivity contribution in [2.75, 3.05) is 13.1 Å². The number of nitrogens with zero attached hydrogens (tertiary/aromatic N) is 1. The molecule has 1 heterocycles. The van der Waals surface area contributed by atoms with Gasteiger partial charge in [-0.15, -0.1) is 0 Å². The van der Waals surface area contributed by atoms with Crippen LogP contribution in [0, 0.1) is 0 Å². The number of hydrogen-bond donors (Lipinski definition) is 1. The fraction of sp³-hybridized carbons (Fsp3) is 0.500. The van der Waals surface area contributed by atoms with Crippen LogP contribution in [0.15, 0.2) is 24.3 Å². The van der Waals surface area contributed by atoms with Crippen molar-refractivity contribution in [2.24, 2.45) is 5.73 Å². The zero-order chi connectivity index (χ0) is 12.3. The quantitative estimate of drug-likeness (QED) is 0.874. The van der Waals surface area contributed by atoms with Gasteiger partial charge in [-0.2, -0.15) is 0 Å². The predicted molar refractivity (Wildman–Crippen MR) is 67.8 cm³/mol. The average molecular weight is 254 g/mol. The number of benzene rings is 1. The average Bonchev–Trinajstić information content (AvgIpc) is 2.83. The first-order chi connectivity index (χ1) is 8.12. The Kier molecular flexibility index (Phi) is 3.81. The van der Waals surface area contributed by atoms with E-state index < -0.39 is 10.0 Å². The van der Waals surface area contributed by atoms with Crippen molar-refractivity contribution in [1.82, 2.24) is 4.31 Å². The van der Waals surface area contributed by atoms with Crippen LogP contribution in [-0.4, -0.2) is 25.8 Å². The molecule has 0 amide bonds. The maximum absolute atomic E-state index is 12.1. The summed E-state index contributed by atoms with van der Waals surface area (Å²) in [4.78, 5) is 0. The molecule has 1 aliphatic heterocycles. The highest BCUT2D eigenvalue weighted by Gasteiger charge is 2.25. The van der Waals surface area contributed by atoms with E-state index >= 15 is 0 Å². The van der Waals surface area contributed by atoms with Crippen LogP contribution in [0.25, 0.3) is 0 Å². The van der Waals surface area contributed by atoms with Crippen LogP contribution in [0.3, 0.4) is 0 Å². The summed E-state index contributed by atoms with van der Waals surface area (Å²) in [7, 11) is -3.15. The Balaban J connectivity index is 2.13. The molecular formula is C12H18N2O2S. The van der Waals surface area contributed by atoms with E-state index in [-0.39, 0.29) is 5.75 Å². The molecule has 0 saturated carbocycles. The van der Waals surface area contributed by atoms with Gasteiger partial charge in [0.2, 0.25) is 10.0 Å². The first-order valence-electron chi connectivity index (χ1n) is 5.87. The molecule has 0 unspecified atom stereocenters. The molecule has 2 rings (SSSR count). The van der Waals surface area contributed by atoms with Gasteiger partial charge in [-0.05, 0) is 24.0 Å². The molecule has 0 aliphatic carbocycles. The molecule has 5 heteroatoms. The first kappa shape index (κ1) is 12.5. The van der Waals surface area contributed by atoms with E-state index in [0.29, 0.717) is 19.6 Å². The van der Waals surface area contributed by atoms with Crippen LogP contribution in [0.1, 0.15) is 24.0 Å². The predicted octanol–water partition coefficient (Wildman–Crippen LogP) is 1.07. The van der Waals surface area contributed by atoms with Crippen LogP contribution >= 0.6 is 0 Å².